The van der Waals surface area contributed by atoms with Gasteiger partial charge in [-0.2, -0.15) is 21.3 Å². The van der Waals surface area contributed by atoms with Gasteiger partial charge in [-0.25, -0.2) is 4.98 Å². The van der Waals surface area contributed by atoms with Gasteiger partial charge in [-0.15, -0.1) is 5.10 Å². The van der Waals surface area contributed by atoms with E-state index in [1.807, 2.05) is 49.0 Å². The van der Waals surface area contributed by atoms with Crippen LogP contribution >= 0.6 is 23.4 Å². The number of aryl methyl sites for hydroxylation is 2. The Bertz CT molecular complexity index is 1270. The quantitative estimate of drug-likeness (QED) is 0.252. The lowest BCUT2D eigenvalue weighted by Crippen LogP contribution is -2.28. The zero-order valence-electron chi connectivity index (χ0n) is 20.0. The molecule has 35 heavy (non-hydrogen) atoms. The van der Waals surface area contributed by atoms with E-state index in [1.54, 1.807) is 4.52 Å². The Hall–Kier alpha value is -2.55. The fraction of sp³-hybridized carbons (Fsp3) is 0.423. The normalized spacial score (nSPS) is 14.6. The molecule has 1 aromatic carbocycles. The van der Waals surface area contributed by atoms with Gasteiger partial charge in [0.2, 0.25) is 0 Å². The number of likely N-dealkylation sites (tertiary alicyclic amines) is 1. The molecule has 0 radical (unpaired) electrons. The lowest BCUT2D eigenvalue weighted by atomic mass is 10.1. The van der Waals surface area contributed by atoms with Gasteiger partial charge >= 0.3 is 0 Å². The lowest BCUT2D eigenvalue weighted by molar-refractivity contribution is 0.204. The number of thioether (sulfide) groups is 1. The summed E-state index contributed by atoms with van der Waals surface area (Å²) < 4.78 is 7.82. The predicted molar refractivity (Wildman–Crippen MR) is 143 cm³/mol. The molecule has 1 N–H and O–H groups in total. The summed E-state index contributed by atoms with van der Waals surface area (Å²) in [6, 6.07) is 13.8. The highest BCUT2D eigenvalue weighted by molar-refractivity contribution is 7.98. The van der Waals surface area contributed by atoms with Crippen LogP contribution in [0.2, 0.25) is 5.02 Å². The molecule has 184 valence electrons. The Balaban J connectivity index is 1.12. The van der Waals surface area contributed by atoms with Crippen LogP contribution in [0.5, 0.6) is 0 Å². The number of benzene rings is 1. The van der Waals surface area contributed by atoms with Crippen molar-refractivity contribution in [2.45, 2.75) is 51.3 Å². The van der Waals surface area contributed by atoms with Crippen molar-refractivity contribution in [2.75, 3.05) is 24.2 Å². The zero-order chi connectivity index (χ0) is 24.0. The maximum Gasteiger partial charge on any atom is 0.254 e. The van der Waals surface area contributed by atoms with E-state index in [2.05, 4.69) is 32.3 Å². The molecular weight excluding hydrogens is 480 g/mol. The van der Waals surface area contributed by atoms with Gasteiger partial charge < -0.3 is 9.73 Å². The fourth-order valence-electron chi connectivity index (χ4n) is 4.37. The number of piperidine rings is 1. The maximum atomic E-state index is 6.13. The Morgan fingerprint density at radius 3 is 2.77 bits per heavy atom. The first kappa shape index (κ1) is 24.2. The van der Waals surface area contributed by atoms with Crippen molar-refractivity contribution in [3.05, 3.63) is 70.5 Å². The van der Waals surface area contributed by atoms with Crippen molar-refractivity contribution >= 4 is 40.6 Å². The number of anilines is 2. The van der Waals surface area contributed by atoms with Gasteiger partial charge in [-0.3, -0.25) is 4.90 Å². The smallest absolute Gasteiger partial charge is 0.254 e. The van der Waals surface area contributed by atoms with Crippen LogP contribution in [0.15, 0.2) is 46.9 Å². The van der Waals surface area contributed by atoms with E-state index >= 15 is 0 Å². The van der Waals surface area contributed by atoms with Crippen LogP contribution in [-0.4, -0.2) is 43.3 Å². The molecule has 5 rings (SSSR count). The third-order valence-electron chi connectivity index (χ3n) is 6.06. The number of hydrogen-bond donors (Lipinski definition) is 1. The van der Waals surface area contributed by atoms with Gasteiger partial charge in [-0.05, 0) is 75.4 Å². The Morgan fingerprint density at radius 2 is 1.91 bits per heavy atom. The predicted octanol–water partition coefficient (Wildman–Crippen LogP) is 6.27. The van der Waals surface area contributed by atoms with Crippen LogP contribution in [0.4, 0.5) is 11.5 Å². The largest absolute Gasteiger partial charge is 0.464 e. The molecule has 0 unspecified atom stereocenters. The monoisotopic (exact) mass is 510 g/mol. The van der Waals surface area contributed by atoms with E-state index < -0.39 is 0 Å². The average molecular weight is 511 g/mol. The van der Waals surface area contributed by atoms with Crippen LogP contribution in [0.25, 0.3) is 5.78 Å². The van der Waals surface area contributed by atoms with Gasteiger partial charge in [0.05, 0.1) is 12.3 Å². The second-order valence-corrected chi connectivity index (χ2v) is 10.6. The SMILES string of the molecule is Cc1cc(Nc2cccc(Cl)c2)n2nc(CCCSCc3ccc(CN4CCCCC4)o3)nc2n1. The molecule has 1 aliphatic rings. The highest BCUT2D eigenvalue weighted by atomic mass is 35.5. The summed E-state index contributed by atoms with van der Waals surface area (Å²) in [5.74, 6) is 6.30. The van der Waals surface area contributed by atoms with Crippen LogP contribution in [0.1, 0.15) is 48.7 Å². The minimum Gasteiger partial charge on any atom is -0.464 e. The zero-order valence-corrected chi connectivity index (χ0v) is 21.6. The molecule has 0 atom stereocenters. The third-order valence-corrected chi connectivity index (χ3v) is 7.36. The Labute approximate surface area is 215 Å². The summed E-state index contributed by atoms with van der Waals surface area (Å²) >= 11 is 8.02. The molecule has 0 amide bonds. The van der Waals surface area contributed by atoms with Crippen LogP contribution < -0.4 is 5.32 Å². The lowest BCUT2D eigenvalue weighted by Gasteiger charge is -2.25. The van der Waals surface area contributed by atoms with E-state index in [9.17, 15) is 0 Å². The molecule has 1 aliphatic heterocycles. The summed E-state index contributed by atoms with van der Waals surface area (Å²) in [5.41, 5.74) is 1.78. The van der Waals surface area contributed by atoms with E-state index in [1.165, 1.54) is 32.4 Å². The van der Waals surface area contributed by atoms with Crippen molar-refractivity contribution < 1.29 is 4.42 Å². The van der Waals surface area contributed by atoms with Crippen molar-refractivity contribution in [2.24, 2.45) is 0 Å². The minimum absolute atomic E-state index is 0.606. The number of rotatable bonds is 10. The van der Waals surface area contributed by atoms with Crippen molar-refractivity contribution in [1.82, 2.24) is 24.5 Å². The summed E-state index contributed by atoms with van der Waals surface area (Å²) in [6.45, 7) is 5.27. The second kappa shape index (κ2) is 11.5. The first-order valence-corrected chi connectivity index (χ1v) is 13.8. The molecule has 3 aromatic heterocycles. The standard InChI is InChI=1S/C26H31ClN6OS/c1-19-15-25(29-21-8-5-7-20(27)16-21)33-26(28-19)30-24(31-33)9-6-14-35-18-23-11-10-22(34-23)17-32-12-3-2-4-13-32/h5,7-8,10-11,15-16,29H,2-4,6,9,12-14,17-18H2,1H3. The van der Waals surface area contributed by atoms with Gasteiger partial charge in [0.15, 0.2) is 5.82 Å². The van der Waals surface area contributed by atoms with Gasteiger partial charge in [0, 0.05) is 28.9 Å². The van der Waals surface area contributed by atoms with Crippen molar-refractivity contribution in [1.29, 1.82) is 0 Å². The molecule has 1 fully saturated rings. The van der Waals surface area contributed by atoms with E-state index in [0.29, 0.717) is 10.8 Å². The Morgan fingerprint density at radius 1 is 1.06 bits per heavy atom. The number of nitrogens with one attached hydrogen (secondary N) is 1. The molecule has 9 heteroatoms. The summed E-state index contributed by atoms with van der Waals surface area (Å²) in [6.07, 6.45) is 5.78. The molecule has 4 heterocycles. The van der Waals surface area contributed by atoms with Gasteiger partial charge in [0.25, 0.3) is 5.78 Å². The third kappa shape index (κ3) is 6.57. The molecular formula is C26H31ClN6OS. The van der Waals surface area contributed by atoms with Crippen LogP contribution in [-0.2, 0) is 18.7 Å². The molecule has 0 bridgehead atoms. The number of halogens is 1. The molecule has 0 saturated carbocycles. The fourth-order valence-corrected chi connectivity index (χ4v) is 5.40. The maximum absolute atomic E-state index is 6.13. The van der Waals surface area contributed by atoms with E-state index in [0.717, 1.165) is 65.4 Å². The van der Waals surface area contributed by atoms with Gasteiger partial charge in [0.1, 0.15) is 17.3 Å². The minimum atomic E-state index is 0.606. The topological polar surface area (TPSA) is 71.5 Å². The average Bonchev–Trinajstić information content (AvgIpc) is 3.46. The number of furan rings is 1. The Kier molecular flexibility index (Phi) is 7.91. The first-order chi connectivity index (χ1) is 17.1. The molecule has 0 spiro atoms. The molecule has 1 saturated heterocycles. The molecule has 7 nitrogen and oxygen atoms in total. The number of nitrogens with zero attached hydrogens (tertiary/aromatic N) is 5. The number of hydrogen-bond acceptors (Lipinski definition) is 7. The summed E-state index contributed by atoms with van der Waals surface area (Å²) in [4.78, 5) is 11.7. The first-order valence-electron chi connectivity index (χ1n) is 12.3. The number of aromatic nitrogens is 4. The van der Waals surface area contributed by atoms with E-state index in [4.69, 9.17) is 21.1 Å². The van der Waals surface area contributed by atoms with Crippen LogP contribution in [0.3, 0.4) is 0 Å². The van der Waals surface area contributed by atoms with Crippen molar-refractivity contribution in [3.63, 3.8) is 0 Å². The van der Waals surface area contributed by atoms with Crippen LogP contribution in [0, 0.1) is 6.92 Å². The molecule has 4 aromatic rings. The summed E-state index contributed by atoms with van der Waals surface area (Å²) in [5, 5.41) is 8.77. The van der Waals surface area contributed by atoms with Gasteiger partial charge in [-0.1, -0.05) is 24.1 Å². The molecule has 0 aliphatic carbocycles. The second-order valence-electron chi connectivity index (χ2n) is 9.02. The highest BCUT2D eigenvalue weighted by Crippen LogP contribution is 2.22. The summed E-state index contributed by atoms with van der Waals surface area (Å²) in [7, 11) is 0. The number of fused-ring (bicyclic) bond motifs is 1. The van der Waals surface area contributed by atoms with E-state index in [-0.39, 0.29) is 0 Å². The van der Waals surface area contributed by atoms with Crippen molar-refractivity contribution in [3.8, 4) is 0 Å². The highest BCUT2D eigenvalue weighted by Gasteiger charge is 2.13.